The number of nitrogens with zero attached hydrogens (tertiary/aromatic N) is 4. The largest absolute Gasteiger partial charge is 0.388 e. The van der Waals surface area contributed by atoms with Crippen LogP contribution in [0, 0.1) is 0 Å². The second kappa shape index (κ2) is 5.13. The van der Waals surface area contributed by atoms with Gasteiger partial charge < -0.3 is 15.0 Å². The van der Waals surface area contributed by atoms with E-state index in [2.05, 4.69) is 20.3 Å². The molecule has 104 valence electrons. The van der Waals surface area contributed by atoms with Gasteiger partial charge in [-0.25, -0.2) is 9.97 Å². The SMILES string of the molecule is CC[C@H](Nc1ncc2ncn(CC)c2n1)C(C)(C)O. The Balaban J connectivity index is 2.30. The number of anilines is 1. The minimum atomic E-state index is -0.821. The minimum absolute atomic E-state index is 0.0945. The molecule has 0 aliphatic carbocycles. The van der Waals surface area contributed by atoms with Crippen molar-refractivity contribution in [2.75, 3.05) is 5.32 Å². The number of nitrogens with one attached hydrogen (secondary N) is 1. The number of hydrogen-bond donors (Lipinski definition) is 2. The Morgan fingerprint density at radius 1 is 1.37 bits per heavy atom. The number of hydrogen-bond acceptors (Lipinski definition) is 5. The Morgan fingerprint density at radius 2 is 2.11 bits per heavy atom. The molecular formula is C13H21N5O. The van der Waals surface area contributed by atoms with Gasteiger partial charge in [0.2, 0.25) is 5.95 Å². The molecule has 0 bridgehead atoms. The highest BCUT2D eigenvalue weighted by Gasteiger charge is 2.25. The lowest BCUT2D eigenvalue weighted by Crippen LogP contribution is -2.41. The highest BCUT2D eigenvalue weighted by molar-refractivity contribution is 5.70. The van der Waals surface area contributed by atoms with Crippen LogP contribution in [-0.2, 0) is 6.54 Å². The fourth-order valence-electron chi connectivity index (χ4n) is 2.09. The standard InChI is InChI=1S/C13H21N5O/c1-5-10(13(3,4)19)16-12-14-7-9-11(17-12)18(6-2)8-15-9/h7-8,10,19H,5-6H2,1-4H3,(H,14,16,17)/t10-/m0/s1. The van der Waals surface area contributed by atoms with Crippen LogP contribution < -0.4 is 5.32 Å². The van der Waals surface area contributed by atoms with E-state index < -0.39 is 5.60 Å². The molecule has 0 radical (unpaired) electrons. The van der Waals surface area contributed by atoms with Crippen LogP contribution in [0.25, 0.3) is 11.2 Å². The van der Waals surface area contributed by atoms with Crippen LogP contribution in [0.15, 0.2) is 12.5 Å². The molecule has 2 aromatic rings. The third-order valence-corrected chi connectivity index (χ3v) is 3.26. The highest BCUT2D eigenvalue weighted by Crippen LogP contribution is 2.17. The molecule has 0 fully saturated rings. The first-order chi connectivity index (χ1) is 8.95. The molecule has 0 saturated carbocycles. The number of aromatic nitrogens is 4. The second-order valence-electron chi connectivity index (χ2n) is 5.19. The molecule has 0 aromatic carbocycles. The number of imidazole rings is 1. The van der Waals surface area contributed by atoms with Crippen molar-refractivity contribution >= 4 is 17.1 Å². The zero-order valence-electron chi connectivity index (χ0n) is 11.9. The molecule has 2 heterocycles. The minimum Gasteiger partial charge on any atom is -0.388 e. The van der Waals surface area contributed by atoms with E-state index in [9.17, 15) is 5.11 Å². The molecule has 0 saturated heterocycles. The van der Waals surface area contributed by atoms with Gasteiger partial charge in [-0.2, -0.15) is 4.98 Å². The molecule has 6 heteroatoms. The van der Waals surface area contributed by atoms with E-state index in [0.29, 0.717) is 5.95 Å². The van der Waals surface area contributed by atoms with E-state index in [-0.39, 0.29) is 6.04 Å². The normalized spacial score (nSPS) is 13.7. The predicted molar refractivity (Wildman–Crippen MR) is 75.0 cm³/mol. The first-order valence-corrected chi connectivity index (χ1v) is 6.62. The van der Waals surface area contributed by atoms with E-state index in [1.165, 1.54) is 0 Å². The Morgan fingerprint density at radius 3 is 2.68 bits per heavy atom. The van der Waals surface area contributed by atoms with Gasteiger partial charge in [0.25, 0.3) is 0 Å². The molecule has 2 rings (SSSR count). The van der Waals surface area contributed by atoms with Gasteiger partial charge >= 0.3 is 0 Å². The number of aliphatic hydroxyl groups is 1. The van der Waals surface area contributed by atoms with Crippen molar-refractivity contribution in [3.8, 4) is 0 Å². The van der Waals surface area contributed by atoms with E-state index in [1.807, 2.05) is 18.4 Å². The van der Waals surface area contributed by atoms with Gasteiger partial charge in [0.1, 0.15) is 5.52 Å². The quantitative estimate of drug-likeness (QED) is 0.860. The van der Waals surface area contributed by atoms with Gasteiger partial charge in [-0.1, -0.05) is 6.92 Å². The van der Waals surface area contributed by atoms with Gasteiger partial charge in [-0.15, -0.1) is 0 Å². The Bertz CT molecular complexity index is 558. The van der Waals surface area contributed by atoms with E-state index in [1.54, 1.807) is 26.4 Å². The van der Waals surface area contributed by atoms with Gasteiger partial charge in [-0.05, 0) is 27.2 Å². The molecule has 2 N–H and O–H groups in total. The molecule has 19 heavy (non-hydrogen) atoms. The van der Waals surface area contributed by atoms with Crippen molar-refractivity contribution in [1.82, 2.24) is 19.5 Å². The second-order valence-corrected chi connectivity index (χ2v) is 5.19. The third-order valence-electron chi connectivity index (χ3n) is 3.26. The van der Waals surface area contributed by atoms with Gasteiger partial charge in [-0.3, -0.25) is 0 Å². The molecule has 0 amide bonds. The van der Waals surface area contributed by atoms with Crippen molar-refractivity contribution in [3.05, 3.63) is 12.5 Å². The van der Waals surface area contributed by atoms with Crippen LogP contribution in [-0.4, -0.2) is 36.3 Å². The molecule has 0 spiro atoms. The maximum atomic E-state index is 10.1. The average molecular weight is 263 g/mol. The van der Waals surface area contributed by atoms with Crippen molar-refractivity contribution in [2.24, 2.45) is 0 Å². The van der Waals surface area contributed by atoms with Crippen LogP contribution in [0.4, 0.5) is 5.95 Å². The first kappa shape index (κ1) is 13.7. The summed E-state index contributed by atoms with van der Waals surface area (Å²) in [5.74, 6) is 0.525. The molecule has 0 aliphatic heterocycles. The first-order valence-electron chi connectivity index (χ1n) is 6.62. The summed E-state index contributed by atoms with van der Waals surface area (Å²) < 4.78 is 1.97. The maximum absolute atomic E-state index is 10.1. The van der Waals surface area contributed by atoms with E-state index >= 15 is 0 Å². The summed E-state index contributed by atoms with van der Waals surface area (Å²) in [6.45, 7) is 8.44. The predicted octanol–water partition coefficient (Wildman–Crippen LogP) is 1.81. The van der Waals surface area contributed by atoms with Gasteiger partial charge in [0.15, 0.2) is 5.65 Å². The van der Waals surface area contributed by atoms with Gasteiger partial charge in [0.05, 0.1) is 24.2 Å². The summed E-state index contributed by atoms with van der Waals surface area (Å²) in [5, 5.41) is 13.3. The molecule has 6 nitrogen and oxygen atoms in total. The Labute approximate surface area is 112 Å². The molecule has 0 aliphatic rings. The average Bonchev–Trinajstić information content (AvgIpc) is 2.76. The molecule has 1 atom stereocenters. The number of rotatable bonds is 5. The lowest BCUT2D eigenvalue weighted by atomic mass is 9.97. The highest BCUT2D eigenvalue weighted by atomic mass is 16.3. The molecule has 0 unspecified atom stereocenters. The zero-order chi connectivity index (χ0) is 14.0. The summed E-state index contributed by atoms with van der Waals surface area (Å²) in [6, 6.07) is -0.0945. The summed E-state index contributed by atoms with van der Waals surface area (Å²) in [7, 11) is 0. The van der Waals surface area contributed by atoms with Crippen molar-refractivity contribution in [3.63, 3.8) is 0 Å². The zero-order valence-corrected chi connectivity index (χ0v) is 11.9. The lowest BCUT2D eigenvalue weighted by Gasteiger charge is -2.29. The maximum Gasteiger partial charge on any atom is 0.225 e. The Kier molecular flexibility index (Phi) is 3.71. The van der Waals surface area contributed by atoms with E-state index in [0.717, 1.165) is 24.1 Å². The van der Waals surface area contributed by atoms with Crippen LogP contribution in [0.1, 0.15) is 34.1 Å². The summed E-state index contributed by atoms with van der Waals surface area (Å²) >= 11 is 0. The van der Waals surface area contributed by atoms with Crippen LogP contribution in [0.3, 0.4) is 0 Å². The van der Waals surface area contributed by atoms with Gasteiger partial charge in [0, 0.05) is 6.54 Å². The number of aryl methyl sites for hydroxylation is 1. The number of fused-ring (bicyclic) bond motifs is 1. The van der Waals surface area contributed by atoms with Crippen molar-refractivity contribution in [1.29, 1.82) is 0 Å². The fourth-order valence-corrected chi connectivity index (χ4v) is 2.09. The van der Waals surface area contributed by atoms with Crippen LogP contribution in [0.2, 0.25) is 0 Å². The van der Waals surface area contributed by atoms with Crippen molar-refractivity contribution in [2.45, 2.75) is 52.3 Å². The summed E-state index contributed by atoms with van der Waals surface area (Å²) in [4.78, 5) is 13.0. The molecular weight excluding hydrogens is 242 g/mol. The van der Waals surface area contributed by atoms with Crippen LogP contribution >= 0.6 is 0 Å². The van der Waals surface area contributed by atoms with Crippen LogP contribution in [0.5, 0.6) is 0 Å². The smallest absolute Gasteiger partial charge is 0.225 e. The Hall–Kier alpha value is -1.69. The summed E-state index contributed by atoms with van der Waals surface area (Å²) in [5.41, 5.74) is 0.771. The summed E-state index contributed by atoms with van der Waals surface area (Å²) in [6.07, 6.45) is 4.25. The topological polar surface area (TPSA) is 75.9 Å². The fraction of sp³-hybridized carbons (Fsp3) is 0.615. The lowest BCUT2D eigenvalue weighted by molar-refractivity contribution is 0.0577. The van der Waals surface area contributed by atoms with E-state index in [4.69, 9.17) is 0 Å². The monoisotopic (exact) mass is 263 g/mol. The third kappa shape index (κ3) is 2.84. The van der Waals surface area contributed by atoms with Crippen molar-refractivity contribution < 1.29 is 5.11 Å². The molecule has 2 aromatic heterocycles.